The summed E-state index contributed by atoms with van der Waals surface area (Å²) in [5.41, 5.74) is -0.319. The van der Waals surface area contributed by atoms with Gasteiger partial charge in [0.05, 0.1) is 33.8 Å². The van der Waals surface area contributed by atoms with Crippen molar-refractivity contribution in [3.05, 3.63) is 87.4 Å². The van der Waals surface area contributed by atoms with E-state index in [1.807, 2.05) is 0 Å². The van der Waals surface area contributed by atoms with Gasteiger partial charge >= 0.3 is 5.97 Å². The van der Waals surface area contributed by atoms with Gasteiger partial charge in [-0.15, -0.1) is 0 Å². The minimum Gasteiger partial charge on any atom is -0.478 e. The Labute approximate surface area is 202 Å². The van der Waals surface area contributed by atoms with Gasteiger partial charge in [-0.1, -0.05) is 23.7 Å². The minimum atomic E-state index is -1.36. The predicted molar refractivity (Wildman–Crippen MR) is 128 cm³/mol. The van der Waals surface area contributed by atoms with Crippen molar-refractivity contribution in [1.82, 2.24) is 0 Å². The summed E-state index contributed by atoms with van der Waals surface area (Å²) in [5, 5.41) is 23.2. The maximum absolute atomic E-state index is 13.7. The van der Waals surface area contributed by atoms with Crippen LogP contribution >= 0.6 is 11.6 Å². The summed E-state index contributed by atoms with van der Waals surface area (Å²) in [4.78, 5) is 37.1. The molecule has 1 amide bonds. The number of ketones is 1. The van der Waals surface area contributed by atoms with Crippen LogP contribution in [0.1, 0.15) is 43.6 Å². The fourth-order valence-electron chi connectivity index (χ4n) is 3.28. The Bertz CT molecular complexity index is 1420. The molecule has 3 rings (SSSR count). The van der Waals surface area contributed by atoms with E-state index in [0.29, 0.717) is 5.56 Å². The number of rotatable bonds is 7. The van der Waals surface area contributed by atoms with Gasteiger partial charge in [0, 0.05) is 11.1 Å². The van der Waals surface area contributed by atoms with Crippen LogP contribution in [0.2, 0.25) is 5.02 Å². The van der Waals surface area contributed by atoms with Crippen molar-refractivity contribution in [2.75, 3.05) is 5.32 Å². The van der Waals surface area contributed by atoms with Crippen molar-refractivity contribution >= 4 is 46.9 Å². The SMILES string of the molecule is CC(=O)c1cc(Cl)c(C(=N)C=NN)cc1C(=O)Nc1cc(-c2ccc(F)c(F)c2)ccc1C(=O)O. The number of nitrogens with one attached hydrogen (secondary N) is 2. The maximum atomic E-state index is 13.7. The van der Waals surface area contributed by atoms with Crippen LogP contribution in [0.4, 0.5) is 14.5 Å². The highest BCUT2D eigenvalue weighted by molar-refractivity contribution is 6.43. The third-order valence-corrected chi connectivity index (χ3v) is 5.29. The Hall–Kier alpha value is -4.44. The Balaban J connectivity index is 2.10. The first-order valence-corrected chi connectivity index (χ1v) is 10.2. The van der Waals surface area contributed by atoms with Gasteiger partial charge in [-0.3, -0.25) is 15.0 Å². The number of amides is 1. The number of carbonyl (C=O) groups excluding carboxylic acids is 2. The zero-order chi connectivity index (χ0) is 25.9. The van der Waals surface area contributed by atoms with Crippen LogP contribution in [0.5, 0.6) is 0 Å². The lowest BCUT2D eigenvalue weighted by Gasteiger charge is -2.14. The lowest BCUT2D eigenvalue weighted by Crippen LogP contribution is -2.19. The second-order valence-corrected chi connectivity index (χ2v) is 7.68. The summed E-state index contributed by atoms with van der Waals surface area (Å²) in [5.74, 6) is 0.195. The van der Waals surface area contributed by atoms with E-state index in [0.717, 1.165) is 18.3 Å². The van der Waals surface area contributed by atoms with E-state index in [-0.39, 0.29) is 44.2 Å². The largest absolute Gasteiger partial charge is 0.478 e. The fourth-order valence-corrected chi connectivity index (χ4v) is 3.55. The van der Waals surface area contributed by atoms with E-state index in [2.05, 4.69) is 10.4 Å². The molecule has 8 nitrogen and oxygen atoms in total. The number of carboxylic acids is 1. The van der Waals surface area contributed by atoms with Gasteiger partial charge in [-0.2, -0.15) is 5.10 Å². The van der Waals surface area contributed by atoms with E-state index in [1.165, 1.54) is 43.3 Å². The number of anilines is 1. The average Bonchev–Trinajstić information content (AvgIpc) is 2.80. The third kappa shape index (κ3) is 5.39. The summed E-state index contributed by atoms with van der Waals surface area (Å²) < 4.78 is 27.0. The summed E-state index contributed by atoms with van der Waals surface area (Å²) in [6.45, 7) is 1.21. The fraction of sp³-hybridized carbons (Fsp3) is 0.0417. The number of hydrogen-bond donors (Lipinski definition) is 4. The van der Waals surface area contributed by atoms with Crippen LogP contribution < -0.4 is 11.2 Å². The van der Waals surface area contributed by atoms with Crippen molar-refractivity contribution in [2.45, 2.75) is 6.92 Å². The summed E-state index contributed by atoms with van der Waals surface area (Å²) in [6.07, 6.45) is 0.990. The number of nitrogens with two attached hydrogens (primary N) is 1. The van der Waals surface area contributed by atoms with Gasteiger partial charge < -0.3 is 16.3 Å². The molecule has 178 valence electrons. The lowest BCUT2D eigenvalue weighted by molar-refractivity contribution is 0.0697. The molecule has 0 aromatic heterocycles. The molecule has 3 aromatic rings. The molecule has 3 aromatic carbocycles. The second-order valence-electron chi connectivity index (χ2n) is 7.27. The van der Waals surface area contributed by atoms with Crippen molar-refractivity contribution in [2.24, 2.45) is 10.9 Å². The highest BCUT2D eigenvalue weighted by Crippen LogP contribution is 2.29. The third-order valence-electron chi connectivity index (χ3n) is 4.98. The predicted octanol–water partition coefficient (Wildman–Crippen LogP) is 4.75. The van der Waals surface area contributed by atoms with Crippen LogP contribution in [0.25, 0.3) is 11.1 Å². The molecule has 0 atom stereocenters. The van der Waals surface area contributed by atoms with E-state index in [4.69, 9.17) is 22.9 Å². The number of benzene rings is 3. The van der Waals surface area contributed by atoms with Gasteiger partial charge in [0.25, 0.3) is 5.91 Å². The van der Waals surface area contributed by atoms with Crippen molar-refractivity contribution in [1.29, 1.82) is 5.41 Å². The monoisotopic (exact) mass is 498 g/mol. The first-order chi connectivity index (χ1) is 16.5. The number of nitrogens with zero attached hydrogens (tertiary/aromatic N) is 1. The molecule has 11 heteroatoms. The summed E-state index contributed by atoms with van der Waals surface area (Å²) in [7, 11) is 0. The number of Topliss-reactive ketones (excluding diaryl/α,β-unsaturated/α-hetero) is 1. The molecule has 0 saturated carbocycles. The summed E-state index contributed by atoms with van der Waals surface area (Å²) >= 11 is 6.16. The van der Waals surface area contributed by atoms with Crippen molar-refractivity contribution in [3.63, 3.8) is 0 Å². The number of halogens is 3. The van der Waals surface area contributed by atoms with Crippen LogP contribution in [0.15, 0.2) is 53.6 Å². The van der Waals surface area contributed by atoms with Gasteiger partial charge in [0.1, 0.15) is 0 Å². The van der Waals surface area contributed by atoms with E-state index < -0.39 is 29.3 Å². The van der Waals surface area contributed by atoms with E-state index in [1.54, 1.807) is 0 Å². The molecule has 0 aliphatic rings. The molecule has 5 N–H and O–H groups in total. The second kappa shape index (κ2) is 10.2. The molecule has 0 bridgehead atoms. The standard InChI is InChI=1S/C24H17ClF2N4O4/c1-11(32)15-9-18(25)17(21(28)10-30-29)8-16(15)23(33)31-22-7-13(2-4-14(22)24(34)35)12-3-5-19(26)20(27)6-12/h2-10,28H,29H2,1H3,(H,31,33)(H,34,35). The molecule has 0 fully saturated rings. The molecule has 0 spiro atoms. The quantitative estimate of drug-likeness (QED) is 0.161. The van der Waals surface area contributed by atoms with Crippen LogP contribution in [-0.4, -0.2) is 34.7 Å². The lowest BCUT2D eigenvalue weighted by atomic mass is 9.97. The highest BCUT2D eigenvalue weighted by atomic mass is 35.5. The van der Waals surface area contributed by atoms with Gasteiger partial charge in [-0.25, -0.2) is 13.6 Å². The van der Waals surface area contributed by atoms with Crippen molar-refractivity contribution in [3.8, 4) is 11.1 Å². The number of hydrazone groups is 1. The molecule has 0 saturated heterocycles. The first kappa shape index (κ1) is 25.2. The number of aromatic carboxylic acids is 1. The zero-order valence-electron chi connectivity index (χ0n) is 18.0. The van der Waals surface area contributed by atoms with Gasteiger partial charge in [0.2, 0.25) is 0 Å². The van der Waals surface area contributed by atoms with Gasteiger partial charge in [0.15, 0.2) is 17.4 Å². The Morgan fingerprint density at radius 1 is 0.971 bits per heavy atom. The number of carboxylic acid groups (broad SMARTS) is 1. The summed E-state index contributed by atoms with van der Waals surface area (Å²) in [6, 6.07) is 9.40. The molecular weight excluding hydrogens is 482 g/mol. The average molecular weight is 499 g/mol. The highest BCUT2D eigenvalue weighted by Gasteiger charge is 2.22. The Morgan fingerprint density at radius 3 is 2.23 bits per heavy atom. The maximum Gasteiger partial charge on any atom is 0.337 e. The van der Waals surface area contributed by atoms with Crippen LogP contribution in [-0.2, 0) is 0 Å². The van der Waals surface area contributed by atoms with Gasteiger partial charge in [-0.05, 0) is 54.4 Å². The minimum absolute atomic E-state index is 0.00297. The molecule has 0 radical (unpaired) electrons. The Morgan fingerprint density at radius 2 is 1.63 bits per heavy atom. The number of carbonyl (C=O) groups is 3. The van der Waals surface area contributed by atoms with E-state index >= 15 is 0 Å². The van der Waals surface area contributed by atoms with Crippen LogP contribution in [0, 0.1) is 17.0 Å². The molecule has 35 heavy (non-hydrogen) atoms. The van der Waals surface area contributed by atoms with E-state index in [9.17, 15) is 28.3 Å². The molecular formula is C24H17ClF2N4O4. The molecule has 0 unspecified atom stereocenters. The Kier molecular flexibility index (Phi) is 7.36. The zero-order valence-corrected chi connectivity index (χ0v) is 18.8. The smallest absolute Gasteiger partial charge is 0.337 e. The normalized spacial score (nSPS) is 10.9. The van der Waals surface area contributed by atoms with Crippen molar-refractivity contribution < 1.29 is 28.3 Å². The molecule has 0 aliphatic heterocycles. The molecule has 0 aliphatic carbocycles. The number of hydrogen-bond acceptors (Lipinski definition) is 6. The topological polar surface area (TPSA) is 146 Å². The van der Waals surface area contributed by atoms with Crippen LogP contribution in [0.3, 0.4) is 0 Å². The molecule has 0 heterocycles. The first-order valence-electron chi connectivity index (χ1n) is 9.84.